The highest BCUT2D eigenvalue weighted by molar-refractivity contribution is 7.47. The summed E-state index contributed by atoms with van der Waals surface area (Å²) in [5.41, 5.74) is 0. The first-order valence-electron chi connectivity index (χ1n) is 43.0. The zero-order chi connectivity index (χ0) is 74.9. The standard InChI is InChI=1S/C83H162O17P2/c1-7-10-12-14-16-18-20-22-28-33-36-40-47-53-59-65-80(85)93-71-78(99-83(88)68-62-56-50-42-38-34-30-27-25-24-26-29-31-35-39-45-51-57-63-75(4)5)73-97-101(89,90)95-69-77(84)70-96-102(91,92)98-74-79(72-94-81(86)66-60-54-48-44-43-46-52-58-64-76(6)9-3)100-82(87)67-61-55-49-41-37-32-23-21-19-17-15-13-11-8-2/h75-79,84H,7-74H2,1-6H3,(H,89,90)(H,91,92)/t76?,77-,78-,79-/m1/s1. The number of phosphoric ester groups is 2. The van der Waals surface area contributed by atoms with Crippen LogP contribution < -0.4 is 0 Å². The molecule has 17 nitrogen and oxygen atoms in total. The molecule has 0 aliphatic heterocycles. The summed E-state index contributed by atoms with van der Waals surface area (Å²) in [6, 6.07) is 0. The molecule has 0 aromatic rings. The lowest BCUT2D eigenvalue weighted by atomic mass is 9.99. The summed E-state index contributed by atoms with van der Waals surface area (Å²) in [5, 5.41) is 10.7. The summed E-state index contributed by atoms with van der Waals surface area (Å²) in [4.78, 5) is 73.1. The first-order chi connectivity index (χ1) is 49.4. The van der Waals surface area contributed by atoms with Crippen molar-refractivity contribution in [2.24, 2.45) is 11.8 Å². The van der Waals surface area contributed by atoms with Crippen LogP contribution >= 0.6 is 15.6 Å². The molecule has 0 fully saturated rings. The van der Waals surface area contributed by atoms with Crippen molar-refractivity contribution in [3.8, 4) is 0 Å². The van der Waals surface area contributed by atoms with Crippen molar-refractivity contribution in [1.29, 1.82) is 0 Å². The van der Waals surface area contributed by atoms with Crippen LogP contribution in [-0.4, -0.2) is 96.7 Å². The molecule has 0 saturated heterocycles. The van der Waals surface area contributed by atoms with E-state index in [0.717, 1.165) is 102 Å². The van der Waals surface area contributed by atoms with E-state index in [1.54, 1.807) is 0 Å². The zero-order valence-corrected chi connectivity index (χ0v) is 68.7. The largest absolute Gasteiger partial charge is 0.472 e. The second-order valence-corrected chi connectivity index (χ2v) is 33.5. The fraction of sp³-hybridized carbons (Fsp3) is 0.952. The van der Waals surface area contributed by atoms with Gasteiger partial charge in [-0.1, -0.05) is 388 Å². The van der Waals surface area contributed by atoms with Crippen molar-refractivity contribution in [2.45, 2.75) is 458 Å². The third-order valence-corrected chi connectivity index (χ3v) is 21.7. The minimum Gasteiger partial charge on any atom is -0.462 e. The van der Waals surface area contributed by atoms with Crippen LogP contribution in [0.2, 0.25) is 0 Å². The molecule has 0 radical (unpaired) electrons. The van der Waals surface area contributed by atoms with E-state index in [1.807, 2.05) is 0 Å². The molecular weight excluding hydrogens is 1330 g/mol. The Morgan fingerprint density at radius 3 is 0.745 bits per heavy atom. The van der Waals surface area contributed by atoms with Gasteiger partial charge in [-0.25, -0.2) is 9.13 Å². The van der Waals surface area contributed by atoms with Crippen molar-refractivity contribution in [2.75, 3.05) is 39.6 Å². The smallest absolute Gasteiger partial charge is 0.462 e. The monoisotopic (exact) mass is 1490 g/mol. The van der Waals surface area contributed by atoms with Gasteiger partial charge < -0.3 is 33.8 Å². The highest BCUT2D eigenvalue weighted by Crippen LogP contribution is 2.45. The van der Waals surface area contributed by atoms with E-state index in [1.165, 1.54) is 257 Å². The second-order valence-electron chi connectivity index (χ2n) is 30.6. The van der Waals surface area contributed by atoms with E-state index in [0.29, 0.717) is 25.7 Å². The minimum atomic E-state index is -4.96. The van der Waals surface area contributed by atoms with Crippen LogP contribution in [0.3, 0.4) is 0 Å². The number of ether oxygens (including phenoxy) is 4. The number of phosphoric acid groups is 2. The Morgan fingerprint density at radius 2 is 0.500 bits per heavy atom. The van der Waals surface area contributed by atoms with Crippen molar-refractivity contribution < 1.29 is 80.2 Å². The summed E-state index contributed by atoms with van der Waals surface area (Å²) in [5.74, 6) is -0.506. The molecule has 0 bridgehead atoms. The van der Waals surface area contributed by atoms with Gasteiger partial charge in [0.15, 0.2) is 12.2 Å². The van der Waals surface area contributed by atoms with E-state index in [9.17, 15) is 43.2 Å². The number of rotatable bonds is 82. The molecule has 0 aromatic heterocycles. The SMILES string of the molecule is CCCCCCCCCCCCCCCCCC(=O)OC[C@H](COP(=O)(O)OC[C@@H](O)COP(=O)(O)OC[C@@H](COC(=O)CCCCCCCCCCC(C)CC)OC(=O)CCCCCCCCCCCCCCCC)OC(=O)CCCCCCCCCCCCCCCCCCCCC(C)C. The van der Waals surface area contributed by atoms with Crippen molar-refractivity contribution in [3.63, 3.8) is 0 Å². The molecule has 6 atom stereocenters. The van der Waals surface area contributed by atoms with E-state index in [2.05, 4.69) is 41.5 Å². The van der Waals surface area contributed by atoms with Crippen LogP contribution in [0.15, 0.2) is 0 Å². The molecular formula is C83H162O17P2. The van der Waals surface area contributed by atoms with Crippen LogP contribution in [0.4, 0.5) is 0 Å². The van der Waals surface area contributed by atoms with Gasteiger partial charge in [0.1, 0.15) is 19.3 Å². The predicted molar refractivity (Wildman–Crippen MR) is 418 cm³/mol. The van der Waals surface area contributed by atoms with E-state index in [-0.39, 0.29) is 25.7 Å². The maximum absolute atomic E-state index is 13.1. The lowest BCUT2D eigenvalue weighted by molar-refractivity contribution is -0.161. The van der Waals surface area contributed by atoms with Gasteiger partial charge in [-0.15, -0.1) is 0 Å². The lowest BCUT2D eigenvalue weighted by Crippen LogP contribution is -2.30. The van der Waals surface area contributed by atoms with Gasteiger partial charge in [0.05, 0.1) is 26.4 Å². The highest BCUT2D eigenvalue weighted by atomic mass is 31.2. The van der Waals surface area contributed by atoms with E-state index in [4.69, 9.17) is 37.0 Å². The van der Waals surface area contributed by atoms with Gasteiger partial charge in [0.2, 0.25) is 0 Å². The number of carbonyl (C=O) groups is 4. The Hall–Kier alpha value is -1.94. The predicted octanol–water partition coefficient (Wildman–Crippen LogP) is 25.1. The molecule has 0 aliphatic rings. The Balaban J connectivity index is 5.24. The Labute approximate surface area is 626 Å². The quantitative estimate of drug-likeness (QED) is 0.0222. The average molecular weight is 1490 g/mol. The summed E-state index contributed by atoms with van der Waals surface area (Å²) >= 11 is 0. The highest BCUT2D eigenvalue weighted by Gasteiger charge is 2.30. The van der Waals surface area contributed by atoms with Gasteiger partial charge in [-0.05, 0) is 37.5 Å². The molecule has 102 heavy (non-hydrogen) atoms. The third kappa shape index (κ3) is 74.9. The average Bonchev–Trinajstić information content (AvgIpc) is 0.921. The number of aliphatic hydroxyl groups is 1. The Kier molecular flexibility index (Phi) is 73.1. The number of hydrogen-bond donors (Lipinski definition) is 3. The van der Waals surface area contributed by atoms with Crippen molar-refractivity contribution in [3.05, 3.63) is 0 Å². The number of esters is 4. The molecule has 3 N–H and O–H groups in total. The molecule has 0 amide bonds. The topological polar surface area (TPSA) is 237 Å². The fourth-order valence-corrected chi connectivity index (χ4v) is 14.4. The van der Waals surface area contributed by atoms with Crippen molar-refractivity contribution in [1.82, 2.24) is 0 Å². The van der Waals surface area contributed by atoms with Crippen LogP contribution in [0.5, 0.6) is 0 Å². The fourth-order valence-electron chi connectivity index (χ4n) is 12.9. The molecule has 3 unspecified atom stereocenters. The first kappa shape index (κ1) is 100. The zero-order valence-electron chi connectivity index (χ0n) is 66.9. The van der Waals surface area contributed by atoms with Gasteiger partial charge >= 0.3 is 39.5 Å². The molecule has 0 heterocycles. The number of aliphatic hydroxyl groups excluding tert-OH is 1. The van der Waals surface area contributed by atoms with E-state index < -0.39 is 97.5 Å². The van der Waals surface area contributed by atoms with Gasteiger partial charge in [0.25, 0.3) is 0 Å². The summed E-state index contributed by atoms with van der Waals surface area (Å²) in [6.45, 7) is 9.69. The number of hydrogen-bond acceptors (Lipinski definition) is 15. The van der Waals surface area contributed by atoms with Crippen LogP contribution in [0, 0.1) is 11.8 Å². The molecule has 606 valence electrons. The molecule has 0 spiro atoms. The molecule has 0 aliphatic carbocycles. The second kappa shape index (κ2) is 74.5. The van der Waals surface area contributed by atoms with Gasteiger partial charge in [0, 0.05) is 25.7 Å². The first-order valence-corrected chi connectivity index (χ1v) is 46.0. The molecule has 0 aromatic carbocycles. The van der Waals surface area contributed by atoms with E-state index >= 15 is 0 Å². The normalized spacial score (nSPS) is 14.1. The number of carbonyl (C=O) groups excluding carboxylic acids is 4. The maximum atomic E-state index is 13.1. The minimum absolute atomic E-state index is 0.108. The molecule has 19 heteroatoms. The number of unbranched alkanes of at least 4 members (excludes halogenated alkanes) is 51. The van der Waals surface area contributed by atoms with Crippen LogP contribution in [0.1, 0.15) is 440 Å². The summed E-state index contributed by atoms with van der Waals surface area (Å²) < 4.78 is 68.8. The Bertz CT molecular complexity index is 1960. The molecule has 0 rings (SSSR count). The van der Waals surface area contributed by atoms with Crippen molar-refractivity contribution >= 4 is 39.5 Å². The van der Waals surface area contributed by atoms with Crippen LogP contribution in [-0.2, 0) is 65.4 Å². The van der Waals surface area contributed by atoms with Gasteiger partial charge in [-0.2, -0.15) is 0 Å². The van der Waals surface area contributed by atoms with Crippen LogP contribution in [0.25, 0.3) is 0 Å². The maximum Gasteiger partial charge on any atom is 0.472 e. The summed E-state index contributed by atoms with van der Waals surface area (Å²) in [6.07, 6.45) is 65.1. The third-order valence-electron chi connectivity index (χ3n) is 19.8. The Morgan fingerprint density at radius 1 is 0.284 bits per heavy atom. The lowest BCUT2D eigenvalue weighted by Gasteiger charge is -2.21. The summed E-state index contributed by atoms with van der Waals surface area (Å²) in [7, 11) is -9.92. The molecule has 0 saturated carbocycles. The van der Waals surface area contributed by atoms with Gasteiger partial charge in [-0.3, -0.25) is 37.3 Å².